The van der Waals surface area contributed by atoms with Gasteiger partial charge < -0.3 is 14.2 Å². The van der Waals surface area contributed by atoms with Gasteiger partial charge in [-0.25, -0.2) is 0 Å². The monoisotopic (exact) mass is 462 g/mol. The lowest BCUT2D eigenvalue weighted by atomic mass is 9.50. The number of rotatable bonds is 8. The van der Waals surface area contributed by atoms with Crippen molar-refractivity contribution < 1.29 is 28.6 Å². The standard InChI is InChI=1S/C27H42O6/c1-7-26(5,15-25(3,4)23(29)32-16(2)19-13-22(28)31-14-19)24(30)33-27(6)20-9-17-8-18(11-20)12-21(27)10-17/h16-21H,7-15H2,1-6H3. The fourth-order valence-corrected chi connectivity index (χ4v) is 7.26. The van der Waals surface area contributed by atoms with Crippen LogP contribution in [0, 0.1) is 40.4 Å². The molecule has 0 N–H and O–H groups in total. The van der Waals surface area contributed by atoms with E-state index in [0.29, 0.717) is 24.7 Å². The highest BCUT2D eigenvalue weighted by atomic mass is 16.6. The maximum Gasteiger partial charge on any atom is 0.312 e. The molecule has 0 aromatic rings. The summed E-state index contributed by atoms with van der Waals surface area (Å²) in [5.41, 5.74) is -2.00. The van der Waals surface area contributed by atoms with E-state index in [4.69, 9.17) is 14.2 Å². The third kappa shape index (κ3) is 4.55. The second-order valence-electron chi connectivity index (χ2n) is 12.6. The minimum absolute atomic E-state index is 0.114. The van der Waals surface area contributed by atoms with Gasteiger partial charge in [0, 0.05) is 5.92 Å². The van der Waals surface area contributed by atoms with E-state index in [0.717, 1.165) is 11.8 Å². The van der Waals surface area contributed by atoms with Crippen LogP contribution in [0.4, 0.5) is 0 Å². The zero-order valence-electron chi connectivity index (χ0n) is 21.3. The summed E-state index contributed by atoms with van der Waals surface area (Å²) in [6, 6.07) is 0. The van der Waals surface area contributed by atoms with Crippen LogP contribution in [-0.4, -0.2) is 36.2 Å². The van der Waals surface area contributed by atoms with E-state index in [1.165, 1.54) is 32.1 Å². The number of hydrogen-bond donors (Lipinski definition) is 0. The van der Waals surface area contributed by atoms with Gasteiger partial charge in [0.25, 0.3) is 0 Å². The van der Waals surface area contributed by atoms with Crippen molar-refractivity contribution in [1.29, 1.82) is 0 Å². The van der Waals surface area contributed by atoms with E-state index in [-0.39, 0.29) is 42.5 Å². The van der Waals surface area contributed by atoms with Crippen LogP contribution in [0.3, 0.4) is 0 Å². The largest absolute Gasteiger partial charge is 0.465 e. The summed E-state index contributed by atoms with van der Waals surface area (Å²) in [5, 5.41) is 0. The zero-order valence-corrected chi connectivity index (χ0v) is 21.3. The Morgan fingerprint density at radius 3 is 2.12 bits per heavy atom. The lowest BCUT2D eigenvalue weighted by Crippen LogP contribution is -2.59. The summed E-state index contributed by atoms with van der Waals surface area (Å²) < 4.78 is 17.2. The quantitative estimate of drug-likeness (QED) is 0.370. The summed E-state index contributed by atoms with van der Waals surface area (Å²) in [6.07, 6.45) is 6.92. The van der Waals surface area contributed by atoms with Gasteiger partial charge >= 0.3 is 17.9 Å². The van der Waals surface area contributed by atoms with E-state index in [1.807, 2.05) is 27.7 Å². The Morgan fingerprint density at radius 2 is 1.64 bits per heavy atom. The van der Waals surface area contributed by atoms with Gasteiger partial charge in [0.1, 0.15) is 11.7 Å². The third-order valence-corrected chi connectivity index (χ3v) is 9.57. The van der Waals surface area contributed by atoms with Gasteiger partial charge in [-0.2, -0.15) is 0 Å². The minimum atomic E-state index is -0.855. The molecule has 0 amide bonds. The molecular weight excluding hydrogens is 420 g/mol. The van der Waals surface area contributed by atoms with Crippen LogP contribution < -0.4 is 0 Å². The van der Waals surface area contributed by atoms with Crippen LogP contribution in [0.2, 0.25) is 0 Å². The van der Waals surface area contributed by atoms with Crippen LogP contribution in [0.1, 0.15) is 92.9 Å². The molecule has 0 radical (unpaired) electrons. The molecule has 0 aromatic heterocycles. The Balaban J connectivity index is 1.41. The van der Waals surface area contributed by atoms with E-state index in [9.17, 15) is 14.4 Å². The van der Waals surface area contributed by atoms with Gasteiger partial charge in [-0.15, -0.1) is 0 Å². The van der Waals surface area contributed by atoms with Crippen LogP contribution in [0.25, 0.3) is 0 Å². The molecule has 1 aliphatic heterocycles. The predicted molar refractivity (Wildman–Crippen MR) is 123 cm³/mol. The molecule has 4 saturated carbocycles. The van der Waals surface area contributed by atoms with Crippen molar-refractivity contribution in [3.05, 3.63) is 0 Å². The first-order chi connectivity index (χ1) is 15.4. The lowest BCUT2D eigenvalue weighted by Gasteiger charge is -2.59. The lowest BCUT2D eigenvalue weighted by molar-refractivity contribution is -0.213. The highest BCUT2D eigenvalue weighted by Gasteiger charge is 2.58. The highest BCUT2D eigenvalue weighted by molar-refractivity contribution is 5.81. The van der Waals surface area contributed by atoms with Crippen molar-refractivity contribution in [2.75, 3.05) is 6.61 Å². The molecule has 0 spiro atoms. The van der Waals surface area contributed by atoms with Gasteiger partial charge in [-0.1, -0.05) is 6.92 Å². The molecule has 0 aromatic carbocycles. The smallest absolute Gasteiger partial charge is 0.312 e. The second kappa shape index (κ2) is 8.57. The first-order valence-electron chi connectivity index (χ1n) is 13.0. The Morgan fingerprint density at radius 1 is 1.06 bits per heavy atom. The van der Waals surface area contributed by atoms with E-state index in [2.05, 4.69) is 6.92 Å². The van der Waals surface area contributed by atoms with Gasteiger partial charge in [-0.3, -0.25) is 14.4 Å². The van der Waals surface area contributed by atoms with Crippen molar-refractivity contribution >= 4 is 17.9 Å². The molecule has 5 rings (SSSR count). The van der Waals surface area contributed by atoms with Crippen molar-refractivity contribution in [3.8, 4) is 0 Å². The maximum atomic E-state index is 13.6. The normalized spacial score (nSPS) is 37.9. The summed E-state index contributed by atoms with van der Waals surface area (Å²) >= 11 is 0. The van der Waals surface area contributed by atoms with Crippen molar-refractivity contribution in [2.45, 2.75) is 105 Å². The molecule has 1 saturated heterocycles. The van der Waals surface area contributed by atoms with Gasteiger partial charge in [0.05, 0.1) is 23.9 Å². The van der Waals surface area contributed by atoms with Crippen molar-refractivity contribution in [2.24, 2.45) is 40.4 Å². The maximum absolute atomic E-state index is 13.6. The first kappa shape index (κ1) is 24.5. The number of esters is 3. The number of ether oxygens (including phenoxy) is 3. The average molecular weight is 463 g/mol. The average Bonchev–Trinajstić information content (AvgIpc) is 3.17. The molecule has 186 valence electrons. The molecule has 6 nitrogen and oxygen atoms in total. The molecule has 6 heteroatoms. The van der Waals surface area contributed by atoms with Crippen LogP contribution >= 0.6 is 0 Å². The Labute approximate surface area is 198 Å². The van der Waals surface area contributed by atoms with Crippen LogP contribution in [0.5, 0.6) is 0 Å². The fraction of sp³-hybridized carbons (Fsp3) is 0.889. The summed E-state index contributed by atoms with van der Waals surface area (Å²) in [7, 11) is 0. The Bertz CT molecular complexity index is 772. The van der Waals surface area contributed by atoms with Gasteiger partial charge in [-0.05, 0) is 103 Å². The van der Waals surface area contributed by atoms with E-state index >= 15 is 0 Å². The summed E-state index contributed by atoms with van der Waals surface area (Å²) in [5.74, 6) is 1.67. The molecule has 3 atom stereocenters. The molecule has 33 heavy (non-hydrogen) atoms. The zero-order chi connectivity index (χ0) is 24.2. The second-order valence-corrected chi connectivity index (χ2v) is 12.6. The third-order valence-electron chi connectivity index (χ3n) is 9.57. The van der Waals surface area contributed by atoms with Gasteiger partial charge in [0.15, 0.2) is 0 Å². The van der Waals surface area contributed by atoms with E-state index in [1.54, 1.807) is 6.92 Å². The van der Waals surface area contributed by atoms with Gasteiger partial charge in [0.2, 0.25) is 0 Å². The summed E-state index contributed by atoms with van der Waals surface area (Å²) in [4.78, 5) is 38.1. The molecule has 4 bridgehead atoms. The number of carbonyl (C=O) groups is 3. The fourth-order valence-electron chi connectivity index (χ4n) is 7.26. The number of hydrogen-bond acceptors (Lipinski definition) is 6. The van der Waals surface area contributed by atoms with Crippen LogP contribution in [-0.2, 0) is 28.6 Å². The SMILES string of the molecule is CCC(C)(CC(C)(C)C(=O)OC(C)C1COC(=O)C1)C(=O)OC1(C)C2CC3CC(C2)CC1C3. The number of cyclic esters (lactones) is 1. The molecule has 1 heterocycles. The molecule has 5 fully saturated rings. The molecular formula is C27H42O6. The van der Waals surface area contributed by atoms with Crippen LogP contribution in [0.15, 0.2) is 0 Å². The number of carbonyl (C=O) groups excluding carboxylic acids is 3. The summed E-state index contributed by atoms with van der Waals surface area (Å²) in [6.45, 7) is 11.9. The molecule has 3 unspecified atom stereocenters. The Kier molecular flexibility index (Phi) is 6.37. The Hall–Kier alpha value is -1.59. The molecule has 4 aliphatic carbocycles. The minimum Gasteiger partial charge on any atom is -0.465 e. The van der Waals surface area contributed by atoms with Crippen molar-refractivity contribution in [1.82, 2.24) is 0 Å². The predicted octanol–water partition coefficient (Wildman–Crippen LogP) is 5.07. The van der Waals surface area contributed by atoms with E-state index < -0.39 is 16.9 Å². The highest BCUT2D eigenvalue weighted by Crippen LogP contribution is 2.60. The van der Waals surface area contributed by atoms with Crippen molar-refractivity contribution in [3.63, 3.8) is 0 Å². The first-order valence-corrected chi connectivity index (χ1v) is 13.0. The molecule has 5 aliphatic rings. The topological polar surface area (TPSA) is 78.9 Å².